The van der Waals surface area contributed by atoms with Crippen molar-refractivity contribution >= 4 is 10.0 Å². The van der Waals surface area contributed by atoms with Crippen molar-refractivity contribution in [2.45, 2.75) is 37.3 Å². The summed E-state index contributed by atoms with van der Waals surface area (Å²) in [5.74, 6) is 0. The minimum atomic E-state index is -3.66. The summed E-state index contributed by atoms with van der Waals surface area (Å²) in [5, 5.41) is 18.7. The van der Waals surface area contributed by atoms with Gasteiger partial charge in [-0.15, -0.1) is 0 Å². The lowest BCUT2D eigenvalue weighted by atomic mass is 10.1. The number of aliphatic hydroxyl groups is 2. The normalized spacial score (nSPS) is 14.7. The number of nitrogens with zero attached hydrogens (tertiary/aromatic N) is 1. The standard InChI is InChI=1S/C13H21NO4S/c1-10(16)11-5-7-12(8-6-11)19(17,18)14(4)13(2,3)9-15/h5-8,10,15-16H,9H2,1-4H3. The molecule has 19 heavy (non-hydrogen) atoms. The average Bonchev–Trinajstić information content (AvgIpc) is 2.37. The Kier molecular flexibility index (Phi) is 4.73. The van der Waals surface area contributed by atoms with Crippen LogP contribution in [0.25, 0.3) is 0 Å². The number of benzene rings is 1. The first-order valence-corrected chi connectivity index (χ1v) is 7.45. The minimum absolute atomic E-state index is 0.140. The van der Waals surface area contributed by atoms with Gasteiger partial charge in [-0.05, 0) is 38.5 Å². The van der Waals surface area contributed by atoms with Crippen molar-refractivity contribution in [2.24, 2.45) is 0 Å². The van der Waals surface area contributed by atoms with Crippen LogP contribution in [0.15, 0.2) is 29.2 Å². The lowest BCUT2D eigenvalue weighted by Gasteiger charge is -2.32. The summed E-state index contributed by atoms with van der Waals surface area (Å²) in [7, 11) is -2.22. The van der Waals surface area contributed by atoms with Crippen LogP contribution in [0, 0.1) is 0 Å². The van der Waals surface area contributed by atoms with Crippen molar-refractivity contribution in [3.63, 3.8) is 0 Å². The van der Waals surface area contributed by atoms with Gasteiger partial charge in [0.15, 0.2) is 0 Å². The van der Waals surface area contributed by atoms with Crippen molar-refractivity contribution in [1.82, 2.24) is 4.31 Å². The van der Waals surface area contributed by atoms with Gasteiger partial charge in [-0.3, -0.25) is 0 Å². The Morgan fingerprint density at radius 1 is 1.26 bits per heavy atom. The van der Waals surface area contributed by atoms with Crippen LogP contribution in [0.4, 0.5) is 0 Å². The summed E-state index contributed by atoms with van der Waals surface area (Å²) < 4.78 is 25.9. The van der Waals surface area contributed by atoms with Crippen molar-refractivity contribution < 1.29 is 18.6 Å². The van der Waals surface area contributed by atoms with E-state index in [-0.39, 0.29) is 11.5 Å². The molecule has 0 amide bonds. The SMILES string of the molecule is CC(O)c1ccc(S(=O)(=O)N(C)C(C)(C)CO)cc1. The van der Waals surface area contributed by atoms with E-state index >= 15 is 0 Å². The topological polar surface area (TPSA) is 77.8 Å². The molecule has 0 heterocycles. The lowest BCUT2D eigenvalue weighted by molar-refractivity contribution is 0.138. The van der Waals surface area contributed by atoms with Gasteiger partial charge in [0.1, 0.15) is 0 Å². The molecule has 0 saturated heterocycles. The summed E-state index contributed by atoms with van der Waals surface area (Å²) >= 11 is 0. The zero-order valence-corrected chi connectivity index (χ0v) is 12.5. The van der Waals surface area contributed by atoms with Gasteiger partial charge in [-0.1, -0.05) is 12.1 Å². The Morgan fingerprint density at radius 3 is 2.11 bits per heavy atom. The number of hydrogen-bond acceptors (Lipinski definition) is 4. The molecule has 0 aliphatic heterocycles. The predicted octanol–water partition coefficient (Wildman–Crippen LogP) is 1.13. The van der Waals surface area contributed by atoms with Gasteiger partial charge in [-0.25, -0.2) is 8.42 Å². The minimum Gasteiger partial charge on any atom is -0.394 e. The Labute approximate surface area is 114 Å². The van der Waals surface area contributed by atoms with E-state index in [9.17, 15) is 18.6 Å². The van der Waals surface area contributed by atoms with E-state index in [2.05, 4.69) is 0 Å². The van der Waals surface area contributed by atoms with E-state index in [0.717, 1.165) is 4.31 Å². The Balaban J connectivity index is 3.14. The van der Waals surface area contributed by atoms with Crippen LogP contribution in [-0.4, -0.2) is 42.1 Å². The van der Waals surface area contributed by atoms with Gasteiger partial charge in [0.2, 0.25) is 10.0 Å². The Morgan fingerprint density at radius 2 is 1.74 bits per heavy atom. The second-order valence-electron chi connectivity index (χ2n) is 5.19. The zero-order valence-electron chi connectivity index (χ0n) is 11.7. The van der Waals surface area contributed by atoms with Gasteiger partial charge in [0.25, 0.3) is 0 Å². The molecule has 1 aromatic rings. The zero-order chi connectivity index (χ0) is 14.8. The highest BCUT2D eigenvalue weighted by molar-refractivity contribution is 7.89. The maximum absolute atomic E-state index is 12.4. The molecule has 0 saturated carbocycles. The van der Waals surface area contributed by atoms with Gasteiger partial charge in [-0.2, -0.15) is 4.31 Å². The molecule has 1 atom stereocenters. The number of hydrogen-bond donors (Lipinski definition) is 2. The fraction of sp³-hybridized carbons (Fsp3) is 0.538. The average molecular weight is 287 g/mol. The molecule has 1 aromatic carbocycles. The fourth-order valence-corrected chi connectivity index (χ4v) is 3.01. The molecule has 0 aliphatic rings. The molecule has 0 aliphatic carbocycles. The highest BCUT2D eigenvalue weighted by Crippen LogP contribution is 2.23. The number of aliphatic hydroxyl groups excluding tert-OH is 2. The monoisotopic (exact) mass is 287 g/mol. The Bertz CT molecular complexity index is 520. The molecule has 6 heteroatoms. The van der Waals surface area contributed by atoms with Gasteiger partial charge in [0.05, 0.1) is 23.1 Å². The highest BCUT2D eigenvalue weighted by atomic mass is 32.2. The summed E-state index contributed by atoms with van der Waals surface area (Å²) in [6, 6.07) is 6.08. The van der Waals surface area contributed by atoms with E-state index in [1.807, 2.05) is 0 Å². The molecule has 0 bridgehead atoms. The number of rotatable bonds is 5. The molecule has 2 N–H and O–H groups in total. The van der Waals surface area contributed by atoms with E-state index < -0.39 is 21.7 Å². The molecular weight excluding hydrogens is 266 g/mol. The predicted molar refractivity (Wildman–Crippen MR) is 73.2 cm³/mol. The number of likely N-dealkylation sites (N-methyl/N-ethyl adjacent to an activating group) is 1. The smallest absolute Gasteiger partial charge is 0.243 e. The molecule has 0 aromatic heterocycles. The second-order valence-corrected chi connectivity index (χ2v) is 7.16. The van der Waals surface area contributed by atoms with Gasteiger partial charge >= 0.3 is 0 Å². The first-order chi connectivity index (χ1) is 8.63. The van der Waals surface area contributed by atoms with Crippen LogP contribution in [0.3, 0.4) is 0 Å². The third-order valence-corrected chi connectivity index (χ3v) is 5.34. The van der Waals surface area contributed by atoms with Crippen LogP contribution in [0.1, 0.15) is 32.4 Å². The van der Waals surface area contributed by atoms with E-state index in [4.69, 9.17) is 0 Å². The molecular formula is C13H21NO4S. The van der Waals surface area contributed by atoms with E-state index in [1.165, 1.54) is 19.2 Å². The third-order valence-electron chi connectivity index (χ3n) is 3.26. The second kappa shape index (κ2) is 5.58. The van der Waals surface area contributed by atoms with Crippen LogP contribution >= 0.6 is 0 Å². The fourth-order valence-electron chi connectivity index (χ4n) is 1.50. The quantitative estimate of drug-likeness (QED) is 0.851. The van der Waals surface area contributed by atoms with Crippen molar-refractivity contribution in [2.75, 3.05) is 13.7 Å². The summed E-state index contributed by atoms with van der Waals surface area (Å²) in [5.41, 5.74) is -0.218. The number of sulfonamides is 1. The maximum Gasteiger partial charge on any atom is 0.243 e. The maximum atomic E-state index is 12.4. The summed E-state index contributed by atoms with van der Waals surface area (Å²) in [6.45, 7) is 4.64. The third kappa shape index (κ3) is 3.33. The first kappa shape index (κ1) is 16.1. The molecule has 1 unspecified atom stereocenters. The van der Waals surface area contributed by atoms with E-state index in [1.54, 1.807) is 32.9 Å². The van der Waals surface area contributed by atoms with Crippen LogP contribution in [0.5, 0.6) is 0 Å². The first-order valence-electron chi connectivity index (χ1n) is 6.01. The summed E-state index contributed by atoms with van der Waals surface area (Å²) in [4.78, 5) is 0.140. The molecule has 0 radical (unpaired) electrons. The Hall–Kier alpha value is -0.950. The highest BCUT2D eigenvalue weighted by Gasteiger charge is 2.33. The molecule has 5 nitrogen and oxygen atoms in total. The van der Waals surface area contributed by atoms with Crippen LogP contribution in [0.2, 0.25) is 0 Å². The lowest BCUT2D eigenvalue weighted by Crippen LogP contribution is -2.47. The molecule has 0 spiro atoms. The van der Waals surface area contributed by atoms with Gasteiger partial charge < -0.3 is 10.2 Å². The molecule has 0 fully saturated rings. The van der Waals surface area contributed by atoms with Crippen molar-refractivity contribution in [3.8, 4) is 0 Å². The van der Waals surface area contributed by atoms with Crippen LogP contribution in [-0.2, 0) is 10.0 Å². The van der Waals surface area contributed by atoms with Crippen molar-refractivity contribution in [1.29, 1.82) is 0 Å². The largest absolute Gasteiger partial charge is 0.394 e. The van der Waals surface area contributed by atoms with E-state index in [0.29, 0.717) is 5.56 Å². The molecule has 108 valence electrons. The summed E-state index contributed by atoms with van der Waals surface area (Å²) in [6.07, 6.45) is -0.636. The van der Waals surface area contributed by atoms with Crippen LogP contribution < -0.4 is 0 Å². The van der Waals surface area contributed by atoms with Gasteiger partial charge in [0, 0.05) is 7.05 Å². The molecule has 1 rings (SSSR count). The van der Waals surface area contributed by atoms with Crippen molar-refractivity contribution in [3.05, 3.63) is 29.8 Å².